The van der Waals surface area contributed by atoms with Crippen molar-refractivity contribution in [3.05, 3.63) is 217 Å². The molecule has 6 aromatic carbocycles. The van der Waals surface area contributed by atoms with Gasteiger partial charge in [-0.2, -0.15) is 0 Å². The van der Waals surface area contributed by atoms with Crippen LogP contribution in [-0.2, 0) is 0 Å². The summed E-state index contributed by atoms with van der Waals surface area (Å²) >= 11 is 0. The van der Waals surface area contributed by atoms with Gasteiger partial charge in [0.15, 0.2) is 0 Å². The Morgan fingerprint density at radius 2 is 0.950 bits per heavy atom. The average molecular weight is 771 g/mol. The summed E-state index contributed by atoms with van der Waals surface area (Å²) in [5, 5.41) is 1.11. The van der Waals surface area contributed by atoms with E-state index in [-0.39, 0.29) is 5.92 Å². The molecule has 0 N–H and O–H groups in total. The second-order valence-electron chi connectivity index (χ2n) is 16.1. The molecule has 0 saturated heterocycles. The molecule has 4 heteroatoms. The molecule has 0 bridgehead atoms. The lowest BCUT2D eigenvalue weighted by Gasteiger charge is -2.15. The second kappa shape index (κ2) is 14.7. The fourth-order valence-electron chi connectivity index (χ4n) is 9.37. The van der Waals surface area contributed by atoms with Crippen LogP contribution in [0.1, 0.15) is 35.7 Å². The van der Waals surface area contributed by atoms with E-state index in [0.717, 1.165) is 78.3 Å². The molecule has 1 saturated carbocycles. The minimum atomic E-state index is 0.280. The molecular weight excluding hydrogens is 729 g/mol. The third-order valence-electron chi connectivity index (χ3n) is 12.4. The lowest BCUT2D eigenvalue weighted by atomic mass is 9.93. The van der Waals surface area contributed by atoms with Crippen LogP contribution >= 0.6 is 0 Å². The van der Waals surface area contributed by atoms with E-state index in [1.54, 1.807) is 0 Å². The van der Waals surface area contributed by atoms with Crippen LogP contribution in [0.3, 0.4) is 0 Å². The number of rotatable bonds is 8. The molecule has 1 aliphatic carbocycles. The number of para-hydroxylation sites is 1. The highest BCUT2D eigenvalue weighted by Crippen LogP contribution is 2.61. The van der Waals surface area contributed by atoms with Crippen LogP contribution in [0.4, 0.5) is 0 Å². The fraction of sp³-hybridized carbons (Fsp3) is 0.0893. The van der Waals surface area contributed by atoms with Crippen molar-refractivity contribution in [2.24, 2.45) is 5.92 Å². The first kappa shape index (κ1) is 35.7. The second-order valence-corrected chi connectivity index (χ2v) is 16.1. The van der Waals surface area contributed by atoms with E-state index in [0.29, 0.717) is 11.8 Å². The number of benzene rings is 6. The Bertz CT molecular complexity index is 3060. The first-order chi connectivity index (χ1) is 29.6. The van der Waals surface area contributed by atoms with Crippen LogP contribution in [0.25, 0.3) is 83.6 Å². The first-order valence-corrected chi connectivity index (χ1v) is 20.9. The van der Waals surface area contributed by atoms with Gasteiger partial charge in [-0.15, -0.1) is 0 Å². The normalized spacial score (nSPS) is 16.0. The van der Waals surface area contributed by atoms with Gasteiger partial charge in [-0.05, 0) is 88.5 Å². The van der Waals surface area contributed by atoms with Gasteiger partial charge in [-0.1, -0.05) is 171 Å². The van der Waals surface area contributed by atoms with Crippen LogP contribution in [0.2, 0.25) is 0 Å². The Labute approximate surface area is 350 Å². The molecule has 4 heterocycles. The van der Waals surface area contributed by atoms with E-state index in [9.17, 15) is 0 Å². The summed E-state index contributed by atoms with van der Waals surface area (Å²) in [5.74, 6) is 1.86. The predicted molar refractivity (Wildman–Crippen MR) is 247 cm³/mol. The molecule has 0 radical (unpaired) electrons. The Morgan fingerprint density at radius 3 is 1.60 bits per heavy atom. The molecule has 0 aliphatic heterocycles. The number of aromatic nitrogens is 4. The molecule has 2 unspecified atom stereocenters. The number of hydrogen-bond acceptors (Lipinski definition) is 3. The lowest BCUT2D eigenvalue weighted by Crippen LogP contribution is -2.01. The molecule has 11 rings (SSSR count). The Kier molecular flexibility index (Phi) is 8.78. The van der Waals surface area contributed by atoms with E-state index in [1.165, 1.54) is 22.3 Å². The quantitative estimate of drug-likeness (QED) is 0.155. The maximum Gasteiger partial charge on any atom is 0.138 e. The summed E-state index contributed by atoms with van der Waals surface area (Å²) in [6.07, 6.45) is 0. The molecule has 4 aromatic heterocycles. The first-order valence-electron chi connectivity index (χ1n) is 20.9. The number of hydrogen-bond donors (Lipinski definition) is 0. The van der Waals surface area contributed by atoms with Crippen LogP contribution in [0.15, 0.2) is 200 Å². The van der Waals surface area contributed by atoms with Crippen LogP contribution < -0.4 is 0 Å². The standard InChI is InChI=1S/C56H42N4/c1-36-54(55(36)50-33-42(38-19-7-3-8-20-38)31-48(58-50)40-23-11-5-12-24-40)45-28-16-15-27-44(45)47-35-52-56(57-37(47)2)46-29-17-18-30-51(46)60(52)53-34-43(39-21-9-4-10-22-39)32-49(59-53)41-25-13-6-14-26-41/h3-36,54-55H,1-2H3/t36-,54?,55?/m1/s1. The molecule has 286 valence electrons. The van der Waals surface area contributed by atoms with E-state index in [4.69, 9.17) is 15.0 Å². The average Bonchev–Trinajstić information content (AvgIpc) is 3.89. The monoisotopic (exact) mass is 770 g/mol. The van der Waals surface area contributed by atoms with E-state index < -0.39 is 0 Å². The zero-order chi connectivity index (χ0) is 40.2. The SMILES string of the molecule is Cc1nc2c3ccccc3n(-c3cc(-c4ccccc4)cc(-c4ccccc4)n3)c2cc1-c1ccccc1C1C(c2cc(-c3ccccc3)cc(-c3ccccc3)n2)[C@@H]1C. The van der Waals surface area contributed by atoms with Crippen LogP contribution in [0.5, 0.6) is 0 Å². The molecular formula is C56H42N4. The van der Waals surface area contributed by atoms with Crippen molar-refractivity contribution in [3.8, 4) is 61.7 Å². The largest absolute Gasteiger partial charge is 0.292 e. The van der Waals surface area contributed by atoms with Crippen molar-refractivity contribution in [2.45, 2.75) is 25.7 Å². The van der Waals surface area contributed by atoms with E-state index >= 15 is 0 Å². The van der Waals surface area contributed by atoms with Gasteiger partial charge in [0.25, 0.3) is 0 Å². The Morgan fingerprint density at radius 1 is 0.417 bits per heavy atom. The zero-order valence-corrected chi connectivity index (χ0v) is 33.6. The van der Waals surface area contributed by atoms with Gasteiger partial charge in [0, 0.05) is 39.4 Å². The number of nitrogens with zero attached hydrogens (tertiary/aromatic N) is 4. The minimum absolute atomic E-state index is 0.280. The molecule has 3 atom stereocenters. The molecule has 0 spiro atoms. The van der Waals surface area contributed by atoms with Gasteiger partial charge in [-0.3, -0.25) is 14.5 Å². The van der Waals surface area contributed by atoms with Crippen LogP contribution in [-0.4, -0.2) is 19.5 Å². The highest BCUT2D eigenvalue weighted by molar-refractivity contribution is 6.08. The molecule has 0 amide bonds. The van der Waals surface area contributed by atoms with Crippen molar-refractivity contribution >= 4 is 21.9 Å². The molecule has 1 aliphatic rings. The summed E-state index contributed by atoms with van der Waals surface area (Å²) in [6.45, 7) is 4.54. The predicted octanol–water partition coefficient (Wildman–Crippen LogP) is 14.1. The van der Waals surface area contributed by atoms with Crippen molar-refractivity contribution in [1.82, 2.24) is 19.5 Å². The summed E-state index contributed by atoms with van der Waals surface area (Å²) in [4.78, 5) is 16.2. The van der Waals surface area contributed by atoms with Crippen LogP contribution in [0, 0.1) is 12.8 Å². The maximum atomic E-state index is 5.43. The smallest absolute Gasteiger partial charge is 0.138 e. The van der Waals surface area contributed by atoms with Gasteiger partial charge in [0.05, 0.1) is 27.9 Å². The fourth-order valence-corrected chi connectivity index (χ4v) is 9.37. The summed E-state index contributed by atoms with van der Waals surface area (Å²) in [5.41, 5.74) is 17.8. The Balaban J connectivity index is 1.06. The van der Waals surface area contributed by atoms with Gasteiger partial charge < -0.3 is 0 Å². The van der Waals surface area contributed by atoms with Gasteiger partial charge in [0.1, 0.15) is 5.82 Å². The molecule has 10 aromatic rings. The number of fused-ring (bicyclic) bond motifs is 3. The minimum Gasteiger partial charge on any atom is -0.292 e. The summed E-state index contributed by atoms with van der Waals surface area (Å²) in [6, 6.07) is 71.2. The topological polar surface area (TPSA) is 43.6 Å². The molecule has 1 fully saturated rings. The third-order valence-corrected chi connectivity index (χ3v) is 12.4. The van der Waals surface area contributed by atoms with Crippen molar-refractivity contribution < 1.29 is 0 Å². The van der Waals surface area contributed by atoms with E-state index in [2.05, 4.69) is 219 Å². The lowest BCUT2D eigenvalue weighted by molar-refractivity contribution is 0.881. The van der Waals surface area contributed by atoms with Crippen molar-refractivity contribution in [2.75, 3.05) is 0 Å². The summed E-state index contributed by atoms with van der Waals surface area (Å²) < 4.78 is 2.31. The highest BCUT2D eigenvalue weighted by Gasteiger charge is 2.50. The van der Waals surface area contributed by atoms with E-state index in [1.807, 2.05) is 0 Å². The number of pyridine rings is 3. The number of aryl methyl sites for hydroxylation is 1. The highest BCUT2D eigenvalue weighted by atomic mass is 15.1. The summed E-state index contributed by atoms with van der Waals surface area (Å²) in [7, 11) is 0. The van der Waals surface area contributed by atoms with Crippen molar-refractivity contribution in [1.29, 1.82) is 0 Å². The van der Waals surface area contributed by atoms with Gasteiger partial charge in [0.2, 0.25) is 0 Å². The Hall–Kier alpha value is -7.43. The van der Waals surface area contributed by atoms with Gasteiger partial charge in [-0.25, -0.2) is 4.98 Å². The maximum absolute atomic E-state index is 5.43. The van der Waals surface area contributed by atoms with Crippen molar-refractivity contribution in [3.63, 3.8) is 0 Å². The molecule has 60 heavy (non-hydrogen) atoms. The third kappa shape index (κ3) is 6.29. The van der Waals surface area contributed by atoms with Gasteiger partial charge >= 0.3 is 0 Å². The molecule has 4 nitrogen and oxygen atoms in total. The zero-order valence-electron chi connectivity index (χ0n) is 33.6.